The van der Waals surface area contributed by atoms with Gasteiger partial charge in [-0.25, -0.2) is 0 Å². The number of rotatable bonds is 3. The van der Waals surface area contributed by atoms with E-state index in [0.29, 0.717) is 5.92 Å². The maximum atomic E-state index is 8.64. The van der Waals surface area contributed by atoms with Crippen LogP contribution < -0.4 is 0 Å². The molecule has 66 valence electrons. The summed E-state index contributed by atoms with van der Waals surface area (Å²) in [4.78, 5) is 0. The van der Waals surface area contributed by atoms with Gasteiger partial charge in [0.1, 0.15) is 6.79 Å². The third kappa shape index (κ3) is 2.17. The van der Waals surface area contributed by atoms with Crippen LogP contribution >= 0.6 is 0 Å². The number of hydrogen-bond acceptors (Lipinski definition) is 2. The maximum absolute atomic E-state index is 8.64. The van der Waals surface area contributed by atoms with Crippen molar-refractivity contribution in [3.63, 3.8) is 0 Å². The van der Waals surface area contributed by atoms with Crippen molar-refractivity contribution in [1.29, 1.82) is 0 Å². The Hall–Kier alpha value is -0.0800. The molecule has 0 spiro atoms. The second-order valence-electron chi connectivity index (χ2n) is 3.86. The van der Waals surface area contributed by atoms with Gasteiger partial charge in [0.2, 0.25) is 0 Å². The summed E-state index contributed by atoms with van der Waals surface area (Å²) in [6.45, 7) is 3.99. The van der Waals surface area contributed by atoms with Crippen LogP contribution in [0.3, 0.4) is 0 Å². The third-order valence-electron chi connectivity index (χ3n) is 2.77. The van der Waals surface area contributed by atoms with E-state index in [-0.39, 0.29) is 12.4 Å². The van der Waals surface area contributed by atoms with Gasteiger partial charge in [0.15, 0.2) is 0 Å². The van der Waals surface area contributed by atoms with E-state index in [1.54, 1.807) is 0 Å². The summed E-state index contributed by atoms with van der Waals surface area (Å²) in [5.41, 5.74) is -0.120. The highest BCUT2D eigenvalue weighted by Crippen LogP contribution is 2.35. The topological polar surface area (TPSA) is 29.5 Å². The van der Waals surface area contributed by atoms with Gasteiger partial charge in [-0.15, -0.1) is 0 Å². The fourth-order valence-electron chi connectivity index (χ4n) is 1.91. The standard InChI is InChI=1S/C9H18O2/c1-9(2,11-7-10)8-5-3-4-6-8/h8,10H,3-7H2,1-2H3. The molecule has 0 radical (unpaired) electrons. The molecule has 0 aromatic rings. The molecule has 1 fully saturated rings. The molecular formula is C9H18O2. The molecule has 2 nitrogen and oxygen atoms in total. The average Bonchev–Trinajstić information content (AvgIpc) is 2.37. The Morgan fingerprint density at radius 1 is 1.36 bits per heavy atom. The van der Waals surface area contributed by atoms with E-state index in [1.807, 2.05) is 0 Å². The second kappa shape index (κ2) is 3.55. The Bertz CT molecular complexity index is 115. The molecule has 11 heavy (non-hydrogen) atoms. The summed E-state index contributed by atoms with van der Waals surface area (Å²) in [5, 5.41) is 8.64. The lowest BCUT2D eigenvalue weighted by molar-refractivity contribution is -0.124. The van der Waals surface area contributed by atoms with Crippen LogP contribution in [0.2, 0.25) is 0 Å². The molecule has 0 aliphatic heterocycles. The molecule has 0 heterocycles. The van der Waals surface area contributed by atoms with E-state index in [4.69, 9.17) is 9.84 Å². The normalized spacial score (nSPS) is 21.0. The highest BCUT2D eigenvalue weighted by atomic mass is 16.6. The average molecular weight is 158 g/mol. The molecule has 0 aromatic heterocycles. The van der Waals surface area contributed by atoms with Crippen LogP contribution in [0.5, 0.6) is 0 Å². The summed E-state index contributed by atoms with van der Waals surface area (Å²) in [6.07, 6.45) is 5.16. The largest absolute Gasteiger partial charge is 0.371 e. The fourth-order valence-corrected chi connectivity index (χ4v) is 1.91. The van der Waals surface area contributed by atoms with Crippen LogP contribution in [0.15, 0.2) is 0 Å². The molecule has 0 amide bonds. The van der Waals surface area contributed by atoms with Crippen LogP contribution in [0.25, 0.3) is 0 Å². The van der Waals surface area contributed by atoms with Crippen molar-refractivity contribution in [3.05, 3.63) is 0 Å². The molecular weight excluding hydrogens is 140 g/mol. The van der Waals surface area contributed by atoms with Crippen LogP contribution in [0, 0.1) is 5.92 Å². The van der Waals surface area contributed by atoms with Gasteiger partial charge in [0.05, 0.1) is 5.60 Å². The van der Waals surface area contributed by atoms with Gasteiger partial charge >= 0.3 is 0 Å². The van der Waals surface area contributed by atoms with Crippen molar-refractivity contribution in [2.75, 3.05) is 6.79 Å². The predicted octanol–water partition coefficient (Wildman–Crippen LogP) is 1.92. The number of aliphatic hydroxyl groups excluding tert-OH is 1. The van der Waals surface area contributed by atoms with E-state index in [2.05, 4.69) is 13.8 Å². The monoisotopic (exact) mass is 158 g/mol. The smallest absolute Gasteiger partial charge is 0.144 e. The molecule has 0 atom stereocenters. The summed E-state index contributed by atoms with van der Waals surface area (Å²) in [7, 11) is 0. The SMILES string of the molecule is CC(C)(OCO)C1CCCC1. The highest BCUT2D eigenvalue weighted by Gasteiger charge is 2.32. The minimum atomic E-state index is -0.149. The second-order valence-corrected chi connectivity index (χ2v) is 3.86. The minimum absolute atomic E-state index is 0.120. The molecule has 1 rings (SSSR count). The zero-order valence-corrected chi connectivity index (χ0v) is 7.47. The molecule has 1 aliphatic carbocycles. The first-order chi connectivity index (χ1) is 5.17. The van der Waals surface area contributed by atoms with E-state index in [0.717, 1.165) is 0 Å². The lowest BCUT2D eigenvalue weighted by atomic mass is 9.89. The molecule has 0 aromatic carbocycles. The number of aliphatic hydroxyl groups is 1. The van der Waals surface area contributed by atoms with Gasteiger partial charge in [-0.3, -0.25) is 0 Å². The first kappa shape index (κ1) is 9.01. The van der Waals surface area contributed by atoms with Gasteiger partial charge in [0.25, 0.3) is 0 Å². The van der Waals surface area contributed by atoms with E-state index >= 15 is 0 Å². The summed E-state index contributed by atoms with van der Waals surface area (Å²) < 4.78 is 5.27. The van der Waals surface area contributed by atoms with Gasteiger partial charge in [-0.2, -0.15) is 0 Å². The predicted molar refractivity (Wildman–Crippen MR) is 44.2 cm³/mol. The van der Waals surface area contributed by atoms with Crippen molar-refractivity contribution in [2.45, 2.75) is 45.1 Å². The fraction of sp³-hybridized carbons (Fsp3) is 1.00. The maximum Gasteiger partial charge on any atom is 0.144 e. The van der Waals surface area contributed by atoms with Crippen molar-refractivity contribution in [3.8, 4) is 0 Å². The Morgan fingerprint density at radius 2 is 1.91 bits per heavy atom. The quantitative estimate of drug-likeness (QED) is 0.636. The minimum Gasteiger partial charge on any atom is -0.371 e. The van der Waals surface area contributed by atoms with Gasteiger partial charge in [0, 0.05) is 0 Å². The van der Waals surface area contributed by atoms with E-state index in [9.17, 15) is 0 Å². The number of ether oxygens (including phenoxy) is 1. The molecule has 1 N–H and O–H groups in total. The Balaban J connectivity index is 2.41. The van der Waals surface area contributed by atoms with Crippen molar-refractivity contribution < 1.29 is 9.84 Å². The first-order valence-electron chi connectivity index (χ1n) is 4.41. The van der Waals surface area contributed by atoms with Crippen molar-refractivity contribution in [1.82, 2.24) is 0 Å². The number of hydrogen-bond donors (Lipinski definition) is 1. The van der Waals surface area contributed by atoms with Gasteiger partial charge in [-0.05, 0) is 32.6 Å². The third-order valence-corrected chi connectivity index (χ3v) is 2.77. The van der Waals surface area contributed by atoms with E-state index < -0.39 is 0 Å². The lowest BCUT2D eigenvalue weighted by Crippen LogP contribution is -2.33. The Labute approximate surface area is 68.6 Å². The highest BCUT2D eigenvalue weighted by molar-refractivity contribution is 4.82. The lowest BCUT2D eigenvalue weighted by Gasteiger charge is -2.30. The molecule has 1 saturated carbocycles. The summed E-state index contributed by atoms with van der Waals surface area (Å²) >= 11 is 0. The van der Waals surface area contributed by atoms with Crippen LogP contribution in [-0.2, 0) is 4.74 Å². The Morgan fingerprint density at radius 3 is 2.36 bits per heavy atom. The zero-order chi connectivity index (χ0) is 8.32. The molecule has 0 unspecified atom stereocenters. The summed E-state index contributed by atoms with van der Waals surface area (Å²) in [6, 6.07) is 0. The molecule has 0 bridgehead atoms. The summed E-state index contributed by atoms with van der Waals surface area (Å²) in [5.74, 6) is 0.648. The van der Waals surface area contributed by atoms with Crippen LogP contribution in [-0.4, -0.2) is 17.5 Å². The van der Waals surface area contributed by atoms with Crippen LogP contribution in [0.1, 0.15) is 39.5 Å². The zero-order valence-electron chi connectivity index (χ0n) is 7.47. The molecule has 1 aliphatic rings. The van der Waals surface area contributed by atoms with Crippen molar-refractivity contribution >= 4 is 0 Å². The van der Waals surface area contributed by atoms with Crippen LogP contribution in [0.4, 0.5) is 0 Å². The van der Waals surface area contributed by atoms with Gasteiger partial charge < -0.3 is 9.84 Å². The molecule has 0 saturated heterocycles. The van der Waals surface area contributed by atoms with E-state index in [1.165, 1.54) is 25.7 Å². The Kier molecular flexibility index (Phi) is 2.90. The first-order valence-corrected chi connectivity index (χ1v) is 4.41. The van der Waals surface area contributed by atoms with Crippen molar-refractivity contribution in [2.24, 2.45) is 5.92 Å². The molecule has 2 heteroatoms. The van der Waals surface area contributed by atoms with Gasteiger partial charge in [-0.1, -0.05) is 12.8 Å².